The molecule has 0 spiro atoms. The van der Waals surface area contributed by atoms with Crippen molar-refractivity contribution in [1.82, 2.24) is 15.1 Å². The number of piperazine rings is 1. The van der Waals surface area contributed by atoms with E-state index in [2.05, 4.69) is 10.1 Å². The van der Waals surface area contributed by atoms with E-state index in [0.717, 1.165) is 13.1 Å². The second-order valence-corrected chi connectivity index (χ2v) is 4.74. The minimum atomic E-state index is -0.327. The summed E-state index contributed by atoms with van der Waals surface area (Å²) >= 11 is 0. The number of carbonyl (C=O) groups is 2. The van der Waals surface area contributed by atoms with Crippen molar-refractivity contribution in [2.75, 3.05) is 53.0 Å². The molecule has 2 aliphatic rings. The van der Waals surface area contributed by atoms with E-state index in [-0.39, 0.29) is 18.1 Å². The zero-order chi connectivity index (χ0) is 13.7. The third kappa shape index (κ3) is 3.81. The topological polar surface area (TPSA) is 71.1 Å². The minimum absolute atomic E-state index is 0.0279. The molecule has 0 aliphatic carbocycles. The highest BCUT2D eigenvalue weighted by Gasteiger charge is 2.26. The molecule has 2 heterocycles. The van der Waals surface area contributed by atoms with Gasteiger partial charge in [0.25, 0.3) is 0 Å². The molecule has 0 aromatic rings. The van der Waals surface area contributed by atoms with Crippen molar-refractivity contribution in [3.63, 3.8) is 0 Å². The van der Waals surface area contributed by atoms with Crippen LogP contribution in [0.1, 0.15) is 6.42 Å². The number of nitrogens with one attached hydrogen (secondary N) is 1. The molecule has 2 rings (SSSR count). The highest BCUT2D eigenvalue weighted by Crippen LogP contribution is 2.09. The summed E-state index contributed by atoms with van der Waals surface area (Å²) in [7, 11) is 1.37. The van der Waals surface area contributed by atoms with Crippen LogP contribution in [-0.4, -0.2) is 80.9 Å². The molecule has 1 atom stereocenters. The van der Waals surface area contributed by atoms with Crippen molar-refractivity contribution >= 4 is 12.0 Å². The first-order valence-corrected chi connectivity index (χ1v) is 6.63. The van der Waals surface area contributed by atoms with Crippen molar-refractivity contribution in [3.8, 4) is 0 Å². The van der Waals surface area contributed by atoms with Crippen LogP contribution in [0.4, 0.5) is 4.79 Å². The first kappa shape index (κ1) is 14.1. The van der Waals surface area contributed by atoms with Crippen LogP contribution in [0, 0.1) is 0 Å². The molecule has 2 saturated heterocycles. The minimum Gasteiger partial charge on any atom is -0.453 e. The molecule has 1 N–H and O–H groups in total. The number of nitrogens with zero attached hydrogens (tertiary/aromatic N) is 2. The Morgan fingerprint density at radius 1 is 1.26 bits per heavy atom. The van der Waals surface area contributed by atoms with Gasteiger partial charge < -0.3 is 24.6 Å². The average Bonchev–Trinajstić information content (AvgIpc) is 2.47. The van der Waals surface area contributed by atoms with Gasteiger partial charge in [-0.05, 0) is 0 Å². The van der Waals surface area contributed by atoms with E-state index < -0.39 is 0 Å². The molecule has 2 amide bonds. The lowest BCUT2D eigenvalue weighted by Crippen LogP contribution is -2.51. The molecule has 0 bridgehead atoms. The Balaban J connectivity index is 1.74. The number of carbonyl (C=O) groups excluding carboxylic acids is 2. The van der Waals surface area contributed by atoms with Crippen molar-refractivity contribution in [1.29, 1.82) is 0 Å². The lowest BCUT2D eigenvalue weighted by Gasteiger charge is -2.35. The van der Waals surface area contributed by atoms with Crippen LogP contribution in [0.2, 0.25) is 0 Å². The molecule has 2 aliphatic heterocycles. The average molecular weight is 271 g/mol. The summed E-state index contributed by atoms with van der Waals surface area (Å²) in [6, 6.07) is 0. The van der Waals surface area contributed by atoms with E-state index in [4.69, 9.17) is 4.74 Å². The number of ether oxygens (including phenoxy) is 2. The second-order valence-electron chi connectivity index (χ2n) is 4.74. The number of morpholine rings is 1. The normalized spacial score (nSPS) is 24.2. The molecule has 0 radical (unpaired) electrons. The molecule has 7 nitrogen and oxygen atoms in total. The highest BCUT2D eigenvalue weighted by molar-refractivity contribution is 5.77. The van der Waals surface area contributed by atoms with Gasteiger partial charge in [-0.25, -0.2) is 4.79 Å². The van der Waals surface area contributed by atoms with Gasteiger partial charge in [-0.2, -0.15) is 0 Å². The van der Waals surface area contributed by atoms with Crippen molar-refractivity contribution < 1.29 is 19.1 Å². The van der Waals surface area contributed by atoms with Crippen molar-refractivity contribution in [2.24, 2.45) is 0 Å². The fraction of sp³-hybridized carbons (Fsp3) is 0.833. The van der Waals surface area contributed by atoms with Crippen molar-refractivity contribution in [2.45, 2.75) is 12.5 Å². The number of rotatable bonds is 2. The highest BCUT2D eigenvalue weighted by atomic mass is 16.5. The molecule has 0 saturated carbocycles. The van der Waals surface area contributed by atoms with Gasteiger partial charge in [0.2, 0.25) is 5.91 Å². The number of amides is 2. The first-order chi connectivity index (χ1) is 9.20. The van der Waals surface area contributed by atoms with Gasteiger partial charge in [-0.15, -0.1) is 0 Å². The zero-order valence-corrected chi connectivity index (χ0v) is 11.3. The molecule has 2 fully saturated rings. The van der Waals surface area contributed by atoms with E-state index in [0.29, 0.717) is 39.2 Å². The predicted octanol–water partition coefficient (Wildman–Crippen LogP) is -0.724. The number of hydrogen-bond donors (Lipinski definition) is 1. The van der Waals surface area contributed by atoms with Gasteiger partial charge in [0.15, 0.2) is 0 Å². The summed E-state index contributed by atoms with van der Waals surface area (Å²) in [5.41, 5.74) is 0. The van der Waals surface area contributed by atoms with Crippen LogP contribution in [0.15, 0.2) is 0 Å². The fourth-order valence-electron chi connectivity index (χ4n) is 2.34. The summed E-state index contributed by atoms with van der Waals surface area (Å²) in [5, 5.41) is 3.21. The van der Waals surface area contributed by atoms with Gasteiger partial charge in [0.05, 0.1) is 26.2 Å². The van der Waals surface area contributed by atoms with E-state index in [1.807, 2.05) is 0 Å². The molecule has 0 aromatic carbocycles. The lowest BCUT2D eigenvalue weighted by molar-refractivity contribution is -0.136. The maximum absolute atomic E-state index is 12.1. The molecule has 108 valence electrons. The number of hydrogen-bond acceptors (Lipinski definition) is 5. The lowest BCUT2D eigenvalue weighted by atomic mass is 10.2. The Kier molecular flexibility index (Phi) is 4.98. The Bertz CT molecular complexity index is 323. The standard InChI is InChI=1S/C12H21N3O4/c1-18-12(17)15-5-3-14(4-6-15)11(16)8-10-9-13-2-7-19-10/h10,13H,2-9H2,1H3. The third-order valence-corrected chi connectivity index (χ3v) is 3.47. The summed E-state index contributed by atoms with van der Waals surface area (Å²) in [4.78, 5) is 26.8. The molecular formula is C12H21N3O4. The van der Waals surface area contributed by atoms with Crippen molar-refractivity contribution in [3.05, 3.63) is 0 Å². The van der Waals surface area contributed by atoms with E-state index >= 15 is 0 Å². The largest absolute Gasteiger partial charge is 0.453 e. The second kappa shape index (κ2) is 6.72. The maximum atomic E-state index is 12.1. The first-order valence-electron chi connectivity index (χ1n) is 6.63. The van der Waals surface area contributed by atoms with Crippen LogP contribution >= 0.6 is 0 Å². The SMILES string of the molecule is COC(=O)N1CCN(C(=O)CC2CNCCO2)CC1. The third-order valence-electron chi connectivity index (χ3n) is 3.47. The summed E-state index contributed by atoms with van der Waals surface area (Å²) in [6.45, 7) is 4.43. The van der Waals surface area contributed by atoms with Gasteiger partial charge >= 0.3 is 6.09 Å². The Morgan fingerprint density at radius 3 is 2.53 bits per heavy atom. The Hall–Kier alpha value is -1.34. The molecule has 1 unspecified atom stereocenters. The van der Waals surface area contributed by atoms with E-state index in [1.54, 1.807) is 9.80 Å². The Morgan fingerprint density at radius 2 is 1.95 bits per heavy atom. The van der Waals surface area contributed by atoms with Crippen LogP contribution in [-0.2, 0) is 14.3 Å². The van der Waals surface area contributed by atoms with Crippen LogP contribution < -0.4 is 5.32 Å². The van der Waals surface area contributed by atoms with Gasteiger partial charge in [-0.1, -0.05) is 0 Å². The fourth-order valence-corrected chi connectivity index (χ4v) is 2.34. The van der Waals surface area contributed by atoms with Crippen LogP contribution in [0.5, 0.6) is 0 Å². The van der Waals surface area contributed by atoms with Crippen LogP contribution in [0.3, 0.4) is 0 Å². The molecular weight excluding hydrogens is 250 g/mol. The predicted molar refractivity (Wildman–Crippen MR) is 67.8 cm³/mol. The van der Waals surface area contributed by atoms with Crippen LogP contribution in [0.25, 0.3) is 0 Å². The maximum Gasteiger partial charge on any atom is 0.409 e. The van der Waals surface area contributed by atoms with Gasteiger partial charge in [-0.3, -0.25) is 4.79 Å². The summed E-state index contributed by atoms with van der Waals surface area (Å²) in [6.07, 6.45) is 0.0531. The molecule has 7 heteroatoms. The van der Waals surface area contributed by atoms with Gasteiger partial charge in [0.1, 0.15) is 0 Å². The van der Waals surface area contributed by atoms with E-state index in [9.17, 15) is 9.59 Å². The van der Waals surface area contributed by atoms with E-state index in [1.165, 1.54) is 7.11 Å². The quantitative estimate of drug-likeness (QED) is 0.717. The molecule has 19 heavy (non-hydrogen) atoms. The summed E-state index contributed by atoms with van der Waals surface area (Å²) < 4.78 is 10.2. The summed E-state index contributed by atoms with van der Waals surface area (Å²) in [5.74, 6) is 0.0956. The Labute approximate surface area is 112 Å². The smallest absolute Gasteiger partial charge is 0.409 e. The monoisotopic (exact) mass is 271 g/mol. The number of methoxy groups -OCH3 is 1. The van der Waals surface area contributed by atoms with Gasteiger partial charge in [0, 0.05) is 39.3 Å². The molecule has 0 aromatic heterocycles. The zero-order valence-electron chi connectivity index (χ0n) is 11.3.